The lowest BCUT2D eigenvalue weighted by atomic mass is 9.91. The Morgan fingerprint density at radius 3 is 2.70 bits per heavy atom. The highest BCUT2D eigenvalue weighted by molar-refractivity contribution is 5.95. The lowest BCUT2D eigenvalue weighted by Crippen LogP contribution is -2.17. The molecule has 0 bridgehead atoms. The van der Waals surface area contributed by atoms with E-state index in [9.17, 15) is 9.59 Å². The SMILES string of the molecule is CCCCCC(CC(=O)Nc1cc(C(=O)O)ccc1OC)c1cccnc1. The van der Waals surface area contributed by atoms with Crippen molar-refractivity contribution < 1.29 is 19.4 Å². The molecule has 1 heterocycles. The number of aromatic carboxylic acids is 1. The van der Waals surface area contributed by atoms with Crippen LogP contribution in [-0.4, -0.2) is 29.1 Å². The summed E-state index contributed by atoms with van der Waals surface area (Å²) in [6.45, 7) is 2.15. The maximum atomic E-state index is 12.6. The number of rotatable bonds is 10. The van der Waals surface area contributed by atoms with Gasteiger partial charge in [0.25, 0.3) is 0 Å². The van der Waals surface area contributed by atoms with Crippen molar-refractivity contribution in [3.63, 3.8) is 0 Å². The maximum absolute atomic E-state index is 12.6. The number of amides is 1. The highest BCUT2D eigenvalue weighted by Gasteiger charge is 2.18. The molecule has 0 aliphatic carbocycles. The predicted molar refractivity (Wildman–Crippen MR) is 104 cm³/mol. The van der Waals surface area contributed by atoms with Crippen molar-refractivity contribution in [2.24, 2.45) is 0 Å². The molecule has 0 aliphatic rings. The van der Waals surface area contributed by atoms with E-state index in [4.69, 9.17) is 9.84 Å². The van der Waals surface area contributed by atoms with Crippen LogP contribution in [0, 0.1) is 0 Å². The summed E-state index contributed by atoms with van der Waals surface area (Å²) in [5.41, 5.74) is 1.49. The highest BCUT2D eigenvalue weighted by Crippen LogP contribution is 2.29. The molecular formula is C21H26N2O4. The monoisotopic (exact) mass is 370 g/mol. The van der Waals surface area contributed by atoms with E-state index in [1.165, 1.54) is 19.2 Å². The van der Waals surface area contributed by atoms with Gasteiger partial charge in [-0.15, -0.1) is 0 Å². The molecule has 2 aromatic rings. The molecule has 1 amide bonds. The van der Waals surface area contributed by atoms with Crippen LogP contribution >= 0.6 is 0 Å². The zero-order valence-corrected chi connectivity index (χ0v) is 15.8. The Morgan fingerprint density at radius 1 is 1.26 bits per heavy atom. The van der Waals surface area contributed by atoms with Gasteiger partial charge in [-0.05, 0) is 42.2 Å². The first kappa shape index (κ1) is 20.4. The molecular weight excluding hydrogens is 344 g/mol. The summed E-state index contributed by atoms with van der Waals surface area (Å²) < 4.78 is 5.23. The molecule has 0 radical (unpaired) electrons. The van der Waals surface area contributed by atoms with E-state index >= 15 is 0 Å². The van der Waals surface area contributed by atoms with Crippen molar-refractivity contribution in [2.75, 3.05) is 12.4 Å². The molecule has 6 nitrogen and oxygen atoms in total. The van der Waals surface area contributed by atoms with Crippen molar-refractivity contribution >= 4 is 17.6 Å². The first-order valence-electron chi connectivity index (χ1n) is 9.16. The summed E-state index contributed by atoms with van der Waals surface area (Å²) in [5, 5.41) is 12.0. The van der Waals surface area contributed by atoms with Crippen molar-refractivity contribution in [3.05, 3.63) is 53.9 Å². The van der Waals surface area contributed by atoms with E-state index in [1.807, 2.05) is 12.1 Å². The van der Waals surface area contributed by atoms with Gasteiger partial charge in [0.05, 0.1) is 18.4 Å². The summed E-state index contributed by atoms with van der Waals surface area (Å²) in [7, 11) is 1.48. The van der Waals surface area contributed by atoms with Gasteiger partial charge in [-0.3, -0.25) is 9.78 Å². The van der Waals surface area contributed by atoms with Crippen LogP contribution in [-0.2, 0) is 4.79 Å². The van der Waals surface area contributed by atoms with Crippen LogP contribution in [0.5, 0.6) is 5.75 Å². The minimum absolute atomic E-state index is 0.0684. The lowest BCUT2D eigenvalue weighted by molar-refractivity contribution is -0.116. The quantitative estimate of drug-likeness (QED) is 0.602. The first-order valence-corrected chi connectivity index (χ1v) is 9.16. The lowest BCUT2D eigenvalue weighted by Gasteiger charge is -2.17. The molecule has 2 N–H and O–H groups in total. The minimum Gasteiger partial charge on any atom is -0.495 e. The first-order chi connectivity index (χ1) is 13.0. The summed E-state index contributed by atoms with van der Waals surface area (Å²) in [6, 6.07) is 8.26. The maximum Gasteiger partial charge on any atom is 0.335 e. The number of hydrogen-bond acceptors (Lipinski definition) is 4. The topological polar surface area (TPSA) is 88.5 Å². The van der Waals surface area contributed by atoms with E-state index in [2.05, 4.69) is 17.2 Å². The van der Waals surface area contributed by atoms with Crippen molar-refractivity contribution in [1.82, 2.24) is 4.98 Å². The number of ether oxygens (including phenoxy) is 1. The number of pyridine rings is 1. The van der Waals surface area contributed by atoms with Gasteiger partial charge in [-0.1, -0.05) is 32.3 Å². The molecule has 0 saturated carbocycles. The van der Waals surface area contributed by atoms with Crippen molar-refractivity contribution in [3.8, 4) is 5.75 Å². The van der Waals surface area contributed by atoms with Crippen LogP contribution in [0.3, 0.4) is 0 Å². The Labute approximate surface area is 159 Å². The van der Waals surface area contributed by atoms with E-state index in [-0.39, 0.29) is 17.4 Å². The number of nitrogens with zero attached hydrogens (tertiary/aromatic N) is 1. The third-order valence-corrected chi connectivity index (χ3v) is 4.46. The molecule has 6 heteroatoms. The van der Waals surface area contributed by atoms with E-state index in [0.29, 0.717) is 17.9 Å². The second-order valence-corrected chi connectivity index (χ2v) is 6.45. The number of carbonyl (C=O) groups is 2. The molecule has 0 spiro atoms. The number of unbranched alkanes of at least 4 members (excludes halogenated alkanes) is 2. The molecule has 27 heavy (non-hydrogen) atoms. The standard InChI is InChI=1S/C21H26N2O4/c1-3-4-5-7-15(17-8-6-11-22-14-17)13-20(24)23-18-12-16(21(25)26)9-10-19(18)27-2/h6,8-12,14-15H,3-5,7,13H2,1-2H3,(H,23,24)(H,25,26). The number of carboxylic acids is 1. The highest BCUT2D eigenvalue weighted by atomic mass is 16.5. The van der Waals surface area contributed by atoms with Crippen molar-refractivity contribution in [2.45, 2.75) is 44.9 Å². The smallest absolute Gasteiger partial charge is 0.335 e. The van der Waals surface area contributed by atoms with Crippen LogP contribution in [0.1, 0.15) is 60.9 Å². The van der Waals surface area contributed by atoms with E-state index in [1.54, 1.807) is 18.5 Å². The van der Waals surface area contributed by atoms with Crippen LogP contribution in [0.25, 0.3) is 0 Å². The Balaban J connectivity index is 2.13. The Hall–Kier alpha value is -2.89. The minimum atomic E-state index is -1.05. The van der Waals surface area contributed by atoms with Gasteiger partial charge in [0.15, 0.2) is 0 Å². The fourth-order valence-corrected chi connectivity index (χ4v) is 3.01. The Kier molecular flexibility index (Phi) is 7.79. The van der Waals surface area contributed by atoms with Gasteiger partial charge in [0, 0.05) is 18.8 Å². The molecule has 1 unspecified atom stereocenters. The normalized spacial score (nSPS) is 11.6. The van der Waals surface area contributed by atoms with E-state index in [0.717, 1.165) is 31.2 Å². The summed E-state index contributed by atoms with van der Waals surface area (Å²) in [4.78, 5) is 28.0. The van der Waals surface area contributed by atoms with Crippen LogP contribution in [0.2, 0.25) is 0 Å². The number of nitrogens with one attached hydrogen (secondary N) is 1. The number of methoxy groups -OCH3 is 1. The Bertz CT molecular complexity index is 762. The largest absolute Gasteiger partial charge is 0.495 e. The fourth-order valence-electron chi connectivity index (χ4n) is 3.01. The molecule has 0 aliphatic heterocycles. The number of carbonyl (C=O) groups excluding carboxylic acids is 1. The number of aromatic nitrogens is 1. The Morgan fingerprint density at radius 2 is 2.07 bits per heavy atom. The fraction of sp³-hybridized carbons (Fsp3) is 0.381. The van der Waals surface area contributed by atoms with Crippen molar-refractivity contribution in [1.29, 1.82) is 0 Å². The summed E-state index contributed by atoms with van der Waals surface area (Å²) >= 11 is 0. The van der Waals surface area contributed by atoms with Gasteiger partial charge < -0.3 is 15.2 Å². The van der Waals surface area contributed by atoms with Crippen LogP contribution in [0.15, 0.2) is 42.7 Å². The third kappa shape index (κ3) is 6.09. The van der Waals surface area contributed by atoms with Gasteiger partial charge in [0.1, 0.15) is 5.75 Å². The number of hydrogen-bond donors (Lipinski definition) is 2. The zero-order chi connectivity index (χ0) is 19.6. The number of anilines is 1. The average Bonchev–Trinajstić information content (AvgIpc) is 2.68. The zero-order valence-electron chi connectivity index (χ0n) is 15.8. The van der Waals surface area contributed by atoms with Gasteiger partial charge in [-0.25, -0.2) is 4.79 Å². The van der Waals surface area contributed by atoms with Crippen LogP contribution < -0.4 is 10.1 Å². The van der Waals surface area contributed by atoms with Gasteiger partial charge in [0.2, 0.25) is 5.91 Å². The molecule has 2 rings (SSSR count). The number of carboxylic acid groups (broad SMARTS) is 1. The molecule has 1 atom stereocenters. The van der Waals surface area contributed by atoms with Gasteiger partial charge in [-0.2, -0.15) is 0 Å². The molecule has 1 aromatic carbocycles. The average molecular weight is 370 g/mol. The van der Waals surface area contributed by atoms with Crippen LogP contribution in [0.4, 0.5) is 5.69 Å². The third-order valence-electron chi connectivity index (χ3n) is 4.46. The molecule has 0 saturated heterocycles. The van der Waals surface area contributed by atoms with E-state index < -0.39 is 5.97 Å². The molecule has 1 aromatic heterocycles. The predicted octanol–water partition coefficient (Wildman–Crippen LogP) is 4.48. The second kappa shape index (κ2) is 10.3. The molecule has 144 valence electrons. The van der Waals surface area contributed by atoms with Gasteiger partial charge >= 0.3 is 5.97 Å². The summed E-state index contributed by atoms with van der Waals surface area (Å²) in [5.74, 6) is -0.738. The molecule has 0 fully saturated rings. The summed E-state index contributed by atoms with van der Waals surface area (Å²) in [6.07, 6.45) is 8.00. The number of benzene rings is 1. The second-order valence-electron chi connectivity index (χ2n) is 6.45.